The molecule has 6 nitrogen and oxygen atoms in total. The van der Waals surface area contributed by atoms with Crippen LogP contribution in [0.3, 0.4) is 0 Å². The second-order valence-electron chi connectivity index (χ2n) is 7.03. The first-order valence-corrected chi connectivity index (χ1v) is 9.60. The molecule has 8 heteroatoms. The summed E-state index contributed by atoms with van der Waals surface area (Å²) < 4.78 is 15.7. The number of aryl methyl sites for hydroxylation is 1. The Morgan fingerprint density at radius 2 is 1.94 bits per heavy atom. The average molecular weight is 435 g/mol. The van der Waals surface area contributed by atoms with Crippen molar-refractivity contribution in [1.82, 2.24) is 24.7 Å². The van der Waals surface area contributed by atoms with Crippen LogP contribution in [0.5, 0.6) is 0 Å². The molecule has 0 spiro atoms. The SMILES string of the molecule is Cl.Cn1ccc(-c2[nH]c(CNc3ccccc3F)nc2-c2ccc3ncccc3c2)n1. The number of hydrogen-bond acceptors (Lipinski definition) is 4. The van der Waals surface area contributed by atoms with Gasteiger partial charge in [0.15, 0.2) is 0 Å². The van der Waals surface area contributed by atoms with E-state index in [1.54, 1.807) is 29.1 Å². The van der Waals surface area contributed by atoms with E-state index in [4.69, 9.17) is 4.98 Å². The van der Waals surface area contributed by atoms with Crippen LogP contribution in [0, 0.1) is 5.82 Å². The van der Waals surface area contributed by atoms with Gasteiger partial charge in [-0.25, -0.2) is 9.37 Å². The number of pyridine rings is 1. The van der Waals surface area contributed by atoms with Crippen molar-refractivity contribution in [3.63, 3.8) is 0 Å². The van der Waals surface area contributed by atoms with Crippen LogP contribution in [0.1, 0.15) is 5.82 Å². The number of rotatable bonds is 5. The lowest BCUT2D eigenvalue weighted by Crippen LogP contribution is -2.02. The maximum Gasteiger partial charge on any atom is 0.146 e. The van der Waals surface area contributed by atoms with Crippen molar-refractivity contribution in [2.24, 2.45) is 7.05 Å². The Balaban J connectivity index is 0.00000231. The second-order valence-corrected chi connectivity index (χ2v) is 7.03. The maximum atomic E-state index is 13.9. The normalized spacial score (nSPS) is 10.8. The lowest BCUT2D eigenvalue weighted by atomic mass is 10.1. The van der Waals surface area contributed by atoms with Crippen LogP contribution in [0.2, 0.25) is 0 Å². The predicted molar refractivity (Wildman–Crippen MR) is 123 cm³/mol. The average Bonchev–Trinajstić information content (AvgIpc) is 3.39. The molecule has 3 aromatic heterocycles. The second kappa shape index (κ2) is 8.57. The molecule has 0 radical (unpaired) electrons. The van der Waals surface area contributed by atoms with Crippen LogP contribution in [0.15, 0.2) is 73.1 Å². The van der Waals surface area contributed by atoms with Crippen molar-refractivity contribution in [2.45, 2.75) is 6.54 Å². The van der Waals surface area contributed by atoms with Crippen molar-refractivity contribution >= 4 is 29.0 Å². The number of hydrogen-bond donors (Lipinski definition) is 2. The first-order valence-electron chi connectivity index (χ1n) is 9.60. The molecule has 2 N–H and O–H groups in total. The molecular formula is C23H20ClFN6. The predicted octanol–water partition coefficient (Wildman–Crippen LogP) is 5.20. The third kappa shape index (κ3) is 4.13. The number of fused-ring (bicyclic) bond motifs is 1. The number of para-hydroxylation sites is 1. The summed E-state index contributed by atoms with van der Waals surface area (Å²) in [6, 6.07) is 18.5. The van der Waals surface area contributed by atoms with E-state index in [-0.39, 0.29) is 18.2 Å². The summed E-state index contributed by atoms with van der Waals surface area (Å²) in [5.74, 6) is 0.399. The van der Waals surface area contributed by atoms with Gasteiger partial charge in [0.05, 0.1) is 29.1 Å². The standard InChI is InChI=1S/C23H19FN6.ClH/c1-30-12-10-20(29-30)23-22(16-8-9-18-15(13-16)5-4-11-25-18)27-21(28-23)14-26-19-7-3-2-6-17(19)24;/h2-13,26H,14H2,1H3,(H,27,28);1H. The number of benzene rings is 2. The van der Waals surface area contributed by atoms with Gasteiger partial charge in [-0.1, -0.05) is 24.3 Å². The number of aromatic nitrogens is 5. The quantitative estimate of drug-likeness (QED) is 0.399. The lowest BCUT2D eigenvalue weighted by molar-refractivity contribution is 0.630. The van der Waals surface area contributed by atoms with Gasteiger partial charge >= 0.3 is 0 Å². The van der Waals surface area contributed by atoms with Gasteiger partial charge in [0, 0.05) is 30.4 Å². The molecular weight excluding hydrogens is 415 g/mol. The fourth-order valence-electron chi connectivity index (χ4n) is 3.46. The molecule has 0 fully saturated rings. The highest BCUT2D eigenvalue weighted by Gasteiger charge is 2.17. The highest BCUT2D eigenvalue weighted by atomic mass is 35.5. The van der Waals surface area contributed by atoms with E-state index >= 15 is 0 Å². The van der Waals surface area contributed by atoms with Crippen molar-refractivity contribution in [3.05, 3.63) is 84.7 Å². The topological polar surface area (TPSA) is 71.4 Å². The molecule has 0 unspecified atom stereocenters. The molecule has 3 heterocycles. The van der Waals surface area contributed by atoms with Gasteiger partial charge in [-0.05, 0) is 36.4 Å². The molecule has 0 amide bonds. The third-order valence-corrected chi connectivity index (χ3v) is 4.92. The Morgan fingerprint density at radius 3 is 2.74 bits per heavy atom. The smallest absolute Gasteiger partial charge is 0.146 e. The van der Waals surface area contributed by atoms with Crippen molar-refractivity contribution in [2.75, 3.05) is 5.32 Å². The van der Waals surface area contributed by atoms with E-state index in [0.717, 1.165) is 33.5 Å². The van der Waals surface area contributed by atoms with Gasteiger partial charge in [-0.2, -0.15) is 5.10 Å². The molecule has 5 aromatic rings. The summed E-state index contributed by atoms with van der Waals surface area (Å²) in [6.45, 7) is 0.357. The Morgan fingerprint density at radius 1 is 1.06 bits per heavy atom. The minimum Gasteiger partial charge on any atom is -0.375 e. The molecule has 0 bridgehead atoms. The monoisotopic (exact) mass is 434 g/mol. The molecule has 0 aliphatic heterocycles. The van der Waals surface area contributed by atoms with Crippen LogP contribution >= 0.6 is 12.4 Å². The number of aromatic amines is 1. The molecule has 2 aromatic carbocycles. The largest absolute Gasteiger partial charge is 0.375 e. The van der Waals surface area contributed by atoms with Gasteiger partial charge < -0.3 is 10.3 Å². The van der Waals surface area contributed by atoms with Gasteiger partial charge in [0.1, 0.15) is 17.3 Å². The Labute approximate surface area is 184 Å². The van der Waals surface area contributed by atoms with E-state index in [9.17, 15) is 4.39 Å². The first-order chi connectivity index (χ1) is 14.7. The highest BCUT2D eigenvalue weighted by molar-refractivity contribution is 5.86. The number of H-pyrrole nitrogens is 1. The van der Waals surface area contributed by atoms with Gasteiger partial charge in [-0.3, -0.25) is 9.67 Å². The molecule has 0 aliphatic carbocycles. The molecule has 0 atom stereocenters. The Bertz CT molecular complexity index is 1340. The fourth-order valence-corrected chi connectivity index (χ4v) is 3.46. The van der Waals surface area contributed by atoms with Gasteiger partial charge in [0.2, 0.25) is 0 Å². The van der Waals surface area contributed by atoms with E-state index < -0.39 is 0 Å². The molecule has 0 saturated carbocycles. The molecule has 5 rings (SSSR count). The Kier molecular flexibility index (Phi) is 5.68. The highest BCUT2D eigenvalue weighted by Crippen LogP contribution is 2.31. The first kappa shape index (κ1) is 20.6. The number of halogens is 2. The zero-order chi connectivity index (χ0) is 20.5. The maximum absolute atomic E-state index is 13.9. The van der Waals surface area contributed by atoms with Crippen molar-refractivity contribution in [3.8, 4) is 22.6 Å². The summed E-state index contributed by atoms with van der Waals surface area (Å²) in [5, 5.41) is 8.67. The van der Waals surface area contributed by atoms with E-state index in [1.807, 2.05) is 43.6 Å². The van der Waals surface area contributed by atoms with Crippen LogP contribution in [-0.2, 0) is 13.6 Å². The van der Waals surface area contributed by atoms with Crippen molar-refractivity contribution < 1.29 is 4.39 Å². The zero-order valence-electron chi connectivity index (χ0n) is 16.7. The minimum absolute atomic E-state index is 0. The number of anilines is 1. The van der Waals surface area contributed by atoms with Gasteiger partial charge in [-0.15, -0.1) is 12.4 Å². The van der Waals surface area contributed by atoms with Gasteiger partial charge in [0.25, 0.3) is 0 Å². The van der Waals surface area contributed by atoms with Crippen LogP contribution in [0.4, 0.5) is 10.1 Å². The van der Waals surface area contributed by atoms with E-state index in [2.05, 4.69) is 26.4 Å². The number of nitrogens with zero attached hydrogens (tertiary/aromatic N) is 4. The van der Waals surface area contributed by atoms with E-state index in [1.165, 1.54) is 6.07 Å². The summed E-state index contributed by atoms with van der Waals surface area (Å²) in [6.07, 6.45) is 3.67. The Hall–Kier alpha value is -3.71. The summed E-state index contributed by atoms with van der Waals surface area (Å²) in [5.41, 5.74) is 4.74. The van der Waals surface area contributed by atoms with Crippen LogP contribution < -0.4 is 5.32 Å². The van der Waals surface area contributed by atoms with Crippen molar-refractivity contribution in [1.29, 1.82) is 0 Å². The fraction of sp³-hybridized carbons (Fsp3) is 0.0870. The lowest BCUT2D eigenvalue weighted by Gasteiger charge is -2.05. The number of imidazole rings is 1. The molecule has 156 valence electrons. The molecule has 0 saturated heterocycles. The van der Waals surface area contributed by atoms with E-state index in [0.29, 0.717) is 18.1 Å². The van der Waals surface area contributed by atoms with Crippen LogP contribution in [0.25, 0.3) is 33.5 Å². The molecule has 0 aliphatic rings. The molecule has 31 heavy (non-hydrogen) atoms. The zero-order valence-corrected chi connectivity index (χ0v) is 17.5. The summed E-state index contributed by atoms with van der Waals surface area (Å²) in [7, 11) is 1.88. The third-order valence-electron chi connectivity index (χ3n) is 4.92. The minimum atomic E-state index is -0.295. The van der Waals surface area contributed by atoms with Crippen LogP contribution in [-0.4, -0.2) is 24.7 Å². The summed E-state index contributed by atoms with van der Waals surface area (Å²) >= 11 is 0. The summed E-state index contributed by atoms with van der Waals surface area (Å²) in [4.78, 5) is 12.6. The number of nitrogens with one attached hydrogen (secondary N) is 2.